The highest BCUT2D eigenvalue weighted by atomic mass is 19.3. The van der Waals surface area contributed by atoms with Gasteiger partial charge in [0.25, 0.3) is 11.8 Å². The number of carbonyl (C=O) groups excluding carboxylic acids is 1. The minimum Gasteiger partial charge on any atom is -0.365 e. The van der Waals surface area contributed by atoms with Gasteiger partial charge in [-0.3, -0.25) is 4.79 Å². The summed E-state index contributed by atoms with van der Waals surface area (Å²) in [5.41, 5.74) is 5.84. The molecule has 1 aromatic heterocycles. The molecule has 0 atom stereocenters. The van der Waals surface area contributed by atoms with E-state index in [9.17, 15) is 13.6 Å². The van der Waals surface area contributed by atoms with Gasteiger partial charge in [0.15, 0.2) is 0 Å². The summed E-state index contributed by atoms with van der Waals surface area (Å²) in [7, 11) is 0. The highest BCUT2D eigenvalue weighted by Gasteiger charge is 2.27. The Labute approximate surface area is 85.8 Å². The number of nitrogens with one attached hydrogen (secondary N) is 2. The van der Waals surface area contributed by atoms with Crippen LogP contribution in [0.3, 0.4) is 0 Å². The minimum absolute atomic E-state index is 0.364. The normalized spacial score (nSPS) is 11.5. The summed E-state index contributed by atoms with van der Waals surface area (Å²) in [6, 6.07) is 1.53. The standard InChI is InChI=1S/C9H13F2N3O/c1-6-7(2-3-13-6)8(15)14-5-9(10,11)4-12/h2-3,13H,4-5,12H2,1H3,(H,14,15). The maximum absolute atomic E-state index is 12.7. The molecule has 6 heteroatoms. The lowest BCUT2D eigenvalue weighted by atomic mass is 10.2. The Kier molecular flexibility index (Phi) is 3.41. The molecule has 0 saturated carbocycles. The van der Waals surface area contributed by atoms with Gasteiger partial charge in [0.05, 0.1) is 18.7 Å². The van der Waals surface area contributed by atoms with E-state index >= 15 is 0 Å². The molecule has 15 heavy (non-hydrogen) atoms. The summed E-state index contributed by atoms with van der Waals surface area (Å²) in [5.74, 6) is -3.58. The van der Waals surface area contributed by atoms with E-state index in [1.165, 1.54) is 6.07 Å². The summed E-state index contributed by atoms with van der Waals surface area (Å²) >= 11 is 0. The first-order chi connectivity index (χ1) is 6.96. The van der Waals surface area contributed by atoms with Crippen molar-refractivity contribution < 1.29 is 13.6 Å². The number of aromatic amines is 1. The molecule has 0 aliphatic carbocycles. The number of H-pyrrole nitrogens is 1. The third-order valence-corrected chi connectivity index (χ3v) is 2.00. The first kappa shape index (κ1) is 11.6. The molecule has 4 nitrogen and oxygen atoms in total. The molecule has 0 fully saturated rings. The fraction of sp³-hybridized carbons (Fsp3) is 0.444. The first-order valence-corrected chi connectivity index (χ1v) is 4.46. The average Bonchev–Trinajstić information content (AvgIpc) is 2.61. The van der Waals surface area contributed by atoms with Crippen molar-refractivity contribution in [2.75, 3.05) is 13.1 Å². The summed E-state index contributed by atoms with van der Waals surface area (Å²) < 4.78 is 25.4. The number of aromatic nitrogens is 1. The van der Waals surface area contributed by atoms with Crippen LogP contribution in [0.4, 0.5) is 8.78 Å². The van der Waals surface area contributed by atoms with Crippen LogP contribution in [0.1, 0.15) is 16.1 Å². The van der Waals surface area contributed by atoms with Gasteiger partial charge in [-0.25, -0.2) is 8.78 Å². The number of halogens is 2. The molecule has 0 saturated heterocycles. The van der Waals surface area contributed by atoms with Crippen LogP contribution in [-0.2, 0) is 0 Å². The molecule has 0 unspecified atom stereocenters. The first-order valence-electron chi connectivity index (χ1n) is 4.46. The molecule has 0 aliphatic rings. The molecule has 0 spiro atoms. The van der Waals surface area contributed by atoms with Gasteiger partial charge in [-0.1, -0.05) is 0 Å². The zero-order chi connectivity index (χ0) is 11.5. The van der Waals surface area contributed by atoms with Crippen molar-refractivity contribution in [2.24, 2.45) is 5.73 Å². The maximum Gasteiger partial charge on any atom is 0.277 e. The fourth-order valence-corrected chi connectivity index (χ4v) is 1.08. The Morgan fingerprint density at radius 3 is 2.80 bits per heavy atom. The number of rotatable bonds is 4. The van der Waals surface area contributed by atoms with Crippen molar-refractivity contribution >= 4 is 5.91 Å². The van der Waals surface area contributed by atoms with Crippen molar-refractivity contribution in [2.45, 2.75) is 12.8 Å². The average molecular weight is 217 g/mol. The number of alkyl halides is 2. The molecule has 1 amide bonds. The van der Waals surface area contributed by atoms with Gasteiger partial charge in [-0.05, 0) is 13.0 Å². The molecule has 0 aliphatic heterocycles. The van der Waals surface area contributed by atoms with E-state index in [0.29, 0.717) is 11.3 Å². The van der Waals surface area contributed by atoms with E-state index in [2.05, 4.69) is 10.3 Å². The van der Waals surface area contributed by atoms with Crippen LogP contribution in [0.25, 0.3) is 0 Å². The van der Waals surface area contributed by atoms with E-state index in [1.807, 2.05) is 0 Å². The minimum atomic E-state index is -3.06. The monoisotopic (exact) mass is 217 g/mol. The van der Waals surface area contributed by atoms with E-state index in [1.54, 1.807) is 13.1 Å². The number of hydrogen-bond acceptors (Lipinski definition) is 2. The Bertz CT molecular complexity index is 349. The van der Waals surface area contributed by atoms with Crippen LogP contribution in [-0.4, -0.2) is 29.9 Å². The zero-order valence-corrected chi connectivity index (χ0v) is 8.31. The van der Waals surface area contributed by atoms with Crippen LogP contribution < -0.4 is 11.1 Å². The van der Waals surface area contributed by atoms with Crippen LogP contribution in [0, 0.1) is 6.92 Å². The van der Waals surface area contributed by atoms with Crippen molar-refractivity contribution in [3.8, 4) is 0 Å². The third kappa shape index (κ3) is 3.02. The number of carbonyl (C=O) groups is 1. The molecule has 4 N–H and O–H groups in total. The second-order valence-electron chi connectivity index (χ2n) is 3.26. The van der Waals surface area contributed by atoms with Gasteiger partial charge >= 0.3 is 0 Å². The third-order valence-electron chi connectivity index (χ3n) is 2.00. The predicted molar refractivity (Wildman–Crippen MR) is 51.9 cm³/mol. The van der Waals surface area contributed by atoms with Crippen LogP contribution in [0.2, 0.25) is 0 Å². The highest BCUT2D eigenvalue weighted by Crippen LogP contribution is 2.10. The van der Waals surface area contributed by atoms with Crippen LogP contribution in [0.5, 0.6) is 0 Å². The molecule has 1 heterocycles. The van der Waals surface area contributed by atoms with Crippen LogP contribution >= 0.6 is 0 Å². The lowest BCUT2D eigenvalue weighted by Crippen LogP contribution is -2.41. The van der Waals surface area contributed by atoms with Crippen molar-refractivity contribution in [1.29, 1.82) is 0 Å². The van der Waals surface area contributed by atoms with Crippen molar-refractivity contribution in [3.63, 3.8) is 0 Å². The Hall–Kier alpha value is -1.43. The molecular formula is C9H13F2N3O. The molecular weight excluding hydrogens is 204 g/mol. The number of nitrogens with two attached hydrogens (primary N) is 1. The van der Waals surface area contributed by atoms with E-state index in [4.69, 9.17) is 5.73 Å². The van der Waals surface area contributed by atoms with E-state index < -0.39 is 24.9 Å². The summed E-state index contributed by atoms with van der Waals surface area (Å²) in [6.45, 7) is 0.169. The smallest absolute Gasteiger partial charge is 0.277 e. The molecule has 84 valence electrons. The quantitative estimate of drug-likeness (QED) is 0.692. The molecule has 1 rings (SSSR count). The van der Waals surface area contributed by atoms with E-state index in [0.717, 1.165) is 0 Å². The summed E-state index contributed by atoms with van der Waals surface area (Å²) in [4.78, 5) is 14.2. The van der Waals surface area contributed by atoms with Gasteiger partial charge in [-0.15, -0.1) is 0 Å². The largest absolute Gasteiger partial charge is 0.365 e. The number of hydrogen-bond donors (Lipinski definition) is 3. The predicted octanol–water partition coefficient (Wildman–Crippen LogP) is 0.647. The summed E-state index contributed by atoms with van der Waals surface area (Å²) in [6.07, 6.45) is 1.57. The molecule has 0 bridgehead atoms. The second-order valence-corrected chi connectivity index (χ2v) is 3.26. The second kappa shape index (κ2) is 4.39. The Morgan fingerprint density at radius 1 is 1.67 bits per heavy atom. The lowest BCUT2D eigenvalue weighted by Gasteiger charge is -2.14. The van der Waals surface area contributed by atoms with Gasteiger partial charge in [0, 0.05) is 11.9 Å². The Balaban J connectivity index is 2.55. The highest BCUT2D eigenvalue weighted by molar-refractivity contribution is 5.95. The lowest BCUT2D eigenvalue weighted by molar-refractivity contribution is 0.0118. The zero-order valence-electron chi connectivity index (χ0n) is 8.31. The fourth-order valence-electron chi connectivity index (χ4n) is 1.08. The van der Waals surface area contributed by atoms with Crippen molar-refractivity contribution in [3.05, 3.63) is 23.5 Å². The van der Waals surface area contributed by atoms with Crippen LogP contribution in [0.15, 0.2) is 12.3 Å². The van der Waals surface area contributed by atoms with Gasteiger partial charge in [0.2, 0.25) is 0 Å². The van der Waals surface area contributed by atoms with Gasteiger partial charge in [-0.2, -0.15) is 0 Å². The maximum atomic E-state index is 12.7. The molecule has 0 aromatic carbocycles. The Morgan fingerprint density at radius 2 is 2.33 bits per heavy atom. The SMILES string of the molecule is Cc1[nH]ccc1C(=O)NCC(F)(F)CN. The molecule has 0 radical (unpaired) electrons. The van der Waals surface area contributed by atoms with Gasteiger partial charge in [0.1, 0.15) is 0 Å². The molecule has 1 aromatic rings. The summed E-state index contributed by atoms with van der Waals surface area (Å²) in [5, 5.41) is 2.13. The van der Waals surface area contributed by atoms with Gasteiger partial charge < -0.3 is 16.0 Å². The van der Waals surface area contributed by atoms with E-state index in [-0.39, 0.29) is 0 Å². The number of aryl methyl sites for hydroxylation is 1. The topological polar surface area (TPSA) is 70.9 Å². The van der Waals surface area contributed by atoms with Crippen molar-refractivity contribution in [1.82, 2.24) is 10.3 Å². The number of amides is 1.